The Morgan fingerprint density at radius 3 is 1.50 bits per heavy atom. The zero-order chi connectivity index (χ0) is 84.3. The van der Waals surface area contributed by atoms with Crippen LogP contribution in [-0.2, 0) is 97.6 Å². The van der Waals surface area contributed by atoms with Crippen molar-refractivity contribution in [2.75, 3.05) is 37.7 Å². The van der Waals surface area contributed by atoms with Gasteiger partial charge in [0, 0.05) is 66.1 Å². The number of benzene rings is 4. The number of aromatic nitrogens is 1. The molecule has 0 spiro atoms. The normalized spacial score (nSPS) is 23.9. The van der Waals surface area contributed by atoms with Crippen LogP contribution in [0.2, 0.25) is 0 Å². The molecule has 1 aliphatic heterocycles. The predicted molar refractivity (Wildman–Crippen MR) is 427 cm³/mol. The third-order valence-corrected chi connectivity index (χ3v) is 21.3. The Balaban J connectivity index is 1.47. The molecule has 1 fully saturated rings. The van der Waals surface area contributed by atoms with Crippen molar-refractivity contribution in [2.24, 2.45) is 34.8 Å². The molecule has 0 aliphatic carbocycles. The quantitative estimate of drug-likeness (QED) is 0.0197. The second-order valence-corrected chi connectivity index (χ2v) is 30.8. The number of hydrogen-bond acceptors (Lipinski definition) is 23. The summed E-state index contributed by atoms with van der Waals surface area (Å²) in [5, 5.41) is 71.1. The number of aliphatic hydroxyl groups is 3. The molecule has 6 rings (SSSR count). The van der Waals surface area contributed by atoms with Crippen molar-refractivity contribution >= 4 is 121 Å². The van der Waals surface area contributed by atoms with E-state index < -0.39 is 223 Å². The van der Waals surface area contributed by atoms with Crippen LogP contribution in [0.5, 0.6) is 0 Å². The lowest BCUT2D eigenvalue weighted by Gasteiger charge is -2.29. The van der Waals surface area contributed by atoms with Gasteiger partial charge in [0.05, 0.1) is 49.9 Å². The summed E-state index contributed by atoms with van der Waals surface area (Å²) in [6.07, 6.45) is -4.00. The van der Waals surface area contributed by atoms with E-state index in [2.05, 4.69) is 63.5 Å². The molecule has 15 atom stereocenters. The molecule has 115 heavy (non-hydrogen) atoms. The third kappa shape index (κ3) is 30.9. The number of para-hydroxylation sites is 1. The van der Waals surface area contributed by atoms with Crippen molar-refractivity contribution in [3.8, 4) is 0 Å². The van der Waals surface area contributed by atoms with Gasteiger partial charge in [-0.05, 0) is 107 Å². The molecule has 35 nitrogen and oxygen atoms in total. The van der Waals surface area contributed by atoms with E-state index in [0.717, 1.165) is 28.5 Å². The van der Waals surface area contributed by atoms with Gasteiger partial charge in [0.1, 0.15) is 48.3 Å². The lowest BCUT2D eigenvalue weighted by molar-refractivity contribution is -0.142. The fourth-order valence-electron chi connectivity index (χ4n) is 12.5. The predicted octanol–water partition coefficient (Wildman–Crippen LogP) is -2.73. The highest BCUT2D eigenvalue weighted by Crippen LogP contribution is 2.26. The number of Topliss-reactive ketones (excluding diaryl/α,β-unsaturated/α-hetero) is 2. The molecule has 4 aromatic carbocycles. The highest BCUT2D eigenvalue weighted by molar-refractivity contribution is 8.76. The van der Waals surface area contributed by atoms with Crippen LogP contribution >= 0.6 is 21.6 Å². The Hall–Kier alpha value is -10.7. The molecule has 1 aliphatic rings. The first-order valence-corrected chi connectivity index (χ1v) is 40.3. The molecule has 1 aromatic heterocycles. The number of nitrogens with one attached hydrogen (secondary N) is 12. The first-order chi connectivity index (χ1) is 54.9. The summed E-state index contributed by atoms with van der Waals surface area (Å²) < 4.78 is 0. The maximum atomic E-state index is 15.5. The van der Waals surface area contributed by atoms with Crippen molar-refractivity contribution in [3.05, 3.63) is 144 Å². The number of rotatable bonds is 26. The summed E-state index contributed by atoms with van der Waals surface area (Å²) in [5.74, 6) is -19.3. The zero-order valence-electron chi connectivity index (χ0n) is 64.2. The zero-order valence-corrected chi connectivity index (χ0v) is 65.8. The van der Waals surface area contributed by atoms with Gasteiger partial charge in [-0.15, -0.1) is 0 Å². The van der Waals surface area contributed by atoms with Crippen molar-refractivity contribution in [1.82, 2.24) is 63.5 Å². The molecular formula is C78H106N16O19S2. The number of fused-ring (bicyclic) bond motifs is 1. The molecule has 5 aromatic rings. The summed E-state index contributed by atoms with van der Waals surface area (Å²) in [4.78, 5) is 217. The van der Waals surface area contributed by atoms with Gasteiger partial charge in [-0.2, -0.15) is 0 Å². The minimum atomic E-state index is -1.97. The minimum absolute atomic E-state index is 0.0353. The number of carbonyl (C=O) groups excluding carboxylic acids is 14. The number of carboxylic acid groups (broad SMARTS) is 1. The highest BCUT2D eigenvalue weighted by Gasteiger charge is 2.40. The van der Waals surface area contributed by atoms with Crippen LogP contribution in [0.3, 0.4) is 0 Å². The van der Waals surface area contributed by atoms with E-state index in [9.17, 15) is 78.0 Å². The van der Waals surface area contributed by atoms with Gasteiger partial charge >= 0.3 is 5.97 Å². The Morgan fingerprint density at radius 1 is 0.496 bits per heavy atom. The second kappa shape index (κ2) is 47.9. The monoisotopic (exact) mass is 1630 g/mol. The fourth-order valence-corrected chi connectivity index (χ4v) is 14.8. The van der Waals surface area contributed by atoms with E-state index in [1.54, 1.807) is 121 Å². The van der Waals surface area contributed by atoms with E-state index in [0.29, 0.717) is 39.6 Å². The standard InChI is InChI=1S/C78H106N16O19S2/c1-43(81)68(102)84-39-65(101)85-60-41-114-115-42-61(78(112)113)92-74(108)59(40-95)91-77(111)67(45(3)97)94-73(107)57(33-48-23-11-6-12-24-48)90-76(110)66(44(2)96)93-69(103)49(25-15-17-29-79)35-62(98)56(34-51-38-83-53-27-14-13-26-52(51)53)87-70(104)50(31-46-19-7-4-8-20-46)36-63(99)55(32-47-21-9-5-10-22-47)88-72(106)58(37-64(82)100)89-71(105)54(86-75(60)109)28-16-18-30-80/h4-14,19-24,26-27,38,43-45,49-50,54-61,66-67,83,95-97H,15-18,25,28-37,39-42,79-81H2,1-3H3,(H2,82,100)(H,84,102)(H,85,101)(H,86,109)(H,87,104)(H,88,106)(H,89,105)(H,90,110)(H,91,111)(H,92,108)(H,93,103)(H,94,107)(H,112,113)/t43-,44+,45+,49+,50+,54?,55-,56?,57-,58-,59-,60-,61-,66-,67-/m0/s1. The molecule has 2 heterocycles. The molecule has 24 N–H and O–H groups in total. The van der Waals surface area contributed by atoms with Gasteiger partial charge in [-0.25, -0.2) is 4.79 Å². The first kappa shape index (κ1) is 93.2. The van der Waals surface area contributed by atoms with Crippen LogP contribution in [0.1, 0.15) is 101 Å². The van der Waals surface area contributed by atoms with E-state index in [1.165, 1.54) is 13.8 Å². The number of nitrogens with two attached hydrogens (primary N) is 4. The van der Waals surface area contributed by atoms with Crippen molar-refractivity contribution in [3.63, 3.8) is 0 Å². The number of carboxylic acids is 1. The fraction of sp³-hybridized carbons (Fsp3) is 0.474. The van der Waals surface area contributed by atoms with Crippen LogP contribution < -0.4 is 81.4 Å². The average Bonchev–Trinajstić information content (AvgIpc) is 1.71. The molecule has 2 unspecified atom stereocenters. The maximum Gasteiger partial charge on any atom is 0.327 e. The summed E-state index contributed by atoms with van der Waals surface area (Å²) in [6.45, 7) is 1.97. The number of H-pyrrole nitrogens is 1. The summed E-state index contributed by atoms with van der Waals surface area (Å²) in [7, 11) is 1.51. The van der Waals surface area contributed by atoms with Crippen LogP contribution in [0.4, 0.5) is 0 Å². The Bertz CT molecular complexity index is 4130. The van der Waals surface area contributed by atoms with Gasteiger partial charge in [-0.3, -0.25) is 67.1 Å². The van der Waals surface area contributed by atoms with Crippen molar-refractivity contribution in [1.29, 1.82) is 0 Å². The molecule has 1 saturated heterocycles. The van der Waals surface area contributed by atoms with Crippen molar-refractivity contribution < 1.29 is 92.3 Å². The highest BCUT2D eigenvalue weighted by atomic mass is 33.1. The van der Waals surface area contributed by atoms with E-state index >= 15 is 14.4 Å². The third-order valence-electron chi connectivity index (χ3n) is 18.9. The number of hydrogen-bond donors (Lipinski definition) is 20. The van der Waals surface area contributed by atoms with Gasteiger partial charge < -0.3 is 107 Å². The molecule has 0 radical (unpaired) electrons. The topological polar surface area (TPSA) is 589 Å². The summed E-state index contributed by atoms with van der Waals surface area (Å²) in [6, 6.07) is 13.7. The molecule has 0 saturated carbocycles. The first-order valence-electron chi connectivity index (χ1n) is 37.8. The second-order valence-electron chi connectivity index (χ2n) is 28.2. The number of amides is 12. The largest absolute Gasteiger partial charge is 0.480 e. The molecule has 0 bridgehead atoms. The van der Waals surface area contributed by atoms with Crippen molar-refractivity contribution in [2.45, 2.75) is 183 Å². The van der Waals surface area contributed by atoms with Gasteiger partial charge in [-0.1, -0.05) is 137 Å². The molecule has 12 amide bonds. The number of aliphatic carboxylic acids is 1. The summed E-state index contributed by atoms with van der Waals surface area (Å²) >= 11 is 0. The summed E-state index contributed by atoms with van der Waals surface area (Å²) in [5.41, 5.74) is 25.9. The van der Waals surface area contributed by atoms with E-state index in [-0.39, 0.29) is 70.9 Å². The van der Waals surface area contributed by atoms with Crippen LogP contribution in [0.15, 0.2) is 121 Å². The lowest BCUT2D eigenvalue weighted by Crippen LogP contribution is -2.62. The maximum absolute atomic E-state index is 15.5. The SMILES string of the molecule is C[C@H](N)C(=O)NCC(=O)N[C@H]1CSSC[C@@H](C(=O)O)NC(=O)[C@H](CO)NC(=O)[C@H]([C@@H](C)O)NC(=O)[C@H](Cc2ccccc2)NC(=O)[C@H]([C@@H](C)O)NC(=O)[C@H](CCCCN)CC(=O)C(Cc2c[nH]c3ccccc23)NC(=O)[C@H](Cc2ccccc2)CC(=O)[C@H](Cc2ccccc2)NC(=O)[C@H](CC(N)=O)NC(=O)C(CCCCN)NC1=O. The van der Waals surface area contributed by atoms with Crippen LogP contribution in [-0.4, -0.2) is 230 Å². The number of aromatic amines is 1. The van der Waals surface area contributed by atoms with Crippen LogP contribution in [0.25, 0.3) is 10.9 Å². The van der Waals surface area contributed by atoms with Crippen LogP contribution in [0, 0.1) is 11.8 Å². The number of carbonyl (C=O) groups is 15. The Kier molecular flexibility index (Phi) is 38.8. The molecule has 37 heteroatoms. The average molecular weight is 1640 g/mol. The number of unbranched alkanes of at least 4 members (excludes halogenated alkanes) is 2. The number of ketones is 2. The van der Waals surface area contributed by atoms with E-state index in [1.807, 2.05) is 0 Å². The number of primary amides is 1. The minimum Gasteiger partial charge on any atom is -0.480 e. The number of aliphatic hydroxyl groups excluding tert-OH is 3. The van der Waals surface area contributed by atoms with Gasteiger partial charge in [0.15, 0.2) is 11.6 Å². The Labute approximate surface area is 672 Å². The lowest BCUT2D eigenvalue weighted by atomic mass is 9.87. The van der Waals surface area contributed by atoms with Gasteiger partial charge in [0.2, 0.25) is 70.9 Å². The van der Waals surface area contributed by atoms with Gasteiger partial charge in [0.25, 0.3) is 0 Å². The molecular weight excluding hydrogens is 1530 g/mol. The smallest absolute Gasteiger partial charge is 0.327 e. The molecule has 624 valence electrons. The Morgan fingerprint density at radius 2 is 0.948 bits per heavy atom. The van der Waals surface area contributed by atoms with E-state index in [4.69, 9.17) is 22.9 Å².